The van der Waals surface area contributed by atoms with Crippen molar-refractivity contribution in [1.82, 2.24) is 14.3 Å². The van der Waals surface area contributed by atoms with E-state index in [1.54, 1.807) is 23.3 Å². The van der Waals surface area contributed by atoms with Crippen LogP contribution in [0.5, 0.6) is 0 Å². The fourth-order valence-electron chi connectivity index (χ4n) is 2.95. The molecule has 6 heteroatoms. The number of carbonyl (C=O) groups excluding carboxylic acids is 1. The van der Waals surface area contributed by atoms with Crippen molar-refractivity contribution in [3.05, 3.63) is 48.4 Å². The molecule has 124 valence electrons. The molecule has 0 spiro atoms. The molecule has 0 unspecified atom stereocenters. The Hall–Kier alpha value is -2.63. The van der Waals surface area contributed by atoms with E-state index in [1.165, 1.54) is 0 Å². The molecule has 0 bridgehead atoms. The van der Waals surface area contributed by atoms with Gasteiger partial charge in [0.2, 0.25) is 0 Å². The number of alkyl halides is 1. The van der Waals surface area contributed by atoms with E-state index in [0.717, 1.165) is 35.9 Å². The van der Waals surface area contributed by atoms with Gasteiger partial charge < -0.3 is 9.30 Å². The van der Waals surface area contributed by atoms with E-state index >= 15 is 0 Å². The summed E-state index contributed by atoms with van der Waals surface area (Å²) in [7, 11) is 0. The summed E-state index contributed by atoms with van der Waals surface area (Å²) in [6.07, 6.45) is 8.28. The van der Waals surface area contributed by atoms with Crippen molar-refractivity contribution >= 4 is 16.9 Å². The van der Waals surface area contributed by atoms with Gasteiger partial charge in [-0.25, -0.2) is 9.18 Å². The van der Waals surface area contributed by atoms with E-state index in [2.05, 4.69) is 5.10 Å². The molecule has 3 aromatic rings. The van der Waals surface area contributed by atoms with E-state index < -0.39 is 6.67 Å². The van der Waals surface area contributed by atoms with E-state index in [0.29, 0.717) is 5.56 Å². The molecule has 1 saturated carbocycles. The Labute approximate surface area is 138 Å². The van der Waals surface area contributed by atoms with Crippen molar-refractivity contribution in [3.63, 3.8) is 0 Å². The number of rotatable bonds is 5. The second-order valence-electron chi connectivity index (χ2n) is 6.04. The molecule has 1 fully saturated rings. The average molecular weight is 327 g/mol. The van der Waals surface area contributed by atoms with Gasteiger partial charge in [-0.1, -0.05) is 18.2 Å². The number of halogens is 1. The predicted molar refractivity (Wildman–Crippen MR) is 88.1 cm³/mol. The van der Waals surface area contributed by atoms with Crippen LogP contribution in [-0.2, 0) is 11.3 Å². The van der Waals surface area contributed by atoms with Gasteiger partial charge in [0.05, 0.1) is 29.5 Å². The zero-order valence-electron chi connectivity index (χ0n) is 13.2. The van der Waals surface area contributed by atoms with Crippen LogP contribution >= 0.6 is 0 Å². The molecule has 0 amide bonds. The van der Waals surface area contributed by atoms with Crippen LogP contribution in [0, 0.1) is 0 Å². The van der Waals surface area contributed by atoms with Gasteiger partial charge in [-0.15, -0.1) is 0 Å². The minimum Gasteiger partial charge on any atom is -0.459 e. The minimum absolute atomic E-state index is 0.0481. The Morgan fingerprint density at radius 1 is 1.29 bits per heavy atom. The van der Waals surface area contributed by atoms with E-state index in [4.69, 9.17) is 4.74 Å². The molecule has 2 heterocycles. The van der Waals surface area contributed by atoms with Gasteiger partial charge in [-0.05, 0) is 25.3 Å². The lowest BCUT2D eigenvalue weighted by molar-refractivity contribution is 0.00922. The molecule has 2 aromatic heterocycles. The SMILES string of the molecule is O=C(OC1CCC1)c1cn(-c2cnn(CCF)c2)c2ccccc12. The van der Waals surface area contributed by atoms with E-state index in [-0.39, 0.29) is 18.6 Å². The normalized spacial score (nSPS) is 14.7. The molecule has 0 saturated heterocycles. The zero-order valence-corrected chi connectivity index (χ0v) is 13.2. The second kappa shape index (κ2) is 6.11. The number of nitrogens with zero attached hydrogens (tertiary/aromatic N) is 3. The molecule has 24 heavy (non-hydrogen) atoms. The highest BCUT2D eigenvalue weighted by atomic mass is 19.1. The van der Waals surface area contributed by atoms with Crippen LogP contribution < -0.4 is 0 Å². The first-order chi connectivity index (χ1) is 11.8. The lowest BCUT2D eigenvalue weighted by Crippen LogP contribution is -2.24. The van der Waals surface area contributed by atoms with Gasteiger partial charge in [0.15, 0.2) is 0 Å². The van der Waals surface area contributed by atoms with Crippen LogP contribution in [-0.4, -0.2) is 33.1 Å². The van der Waals surface area contributed by atoms with Crippen LogP contribution in [0.3, 0.4) is 0 Å². The number of hydrogen-bond donors (Lipinski definition) is 0. The monoisotopic (exact) mass is 327 g/mol. The lowest BCUT2D eigenvalue weighted by Gasteiger charge is -2.24. The number of fused-ring (bicyclic) bond motifs is 1. The second-order valence-corrected chi connectivity index (χ2v) is 6.04. The van der Waals surface area contributed by atoms with Gasteiger partial charge in [-0.3, -0.25) is 4.68 Å². The average Bonchev–Trinajstić information content (AvgIpc) is 3.15. The highest BCUT2D eigenvalue weighted by molar-refractivity contribution is 6.05. The van der Waals surface area contributed by atoms with E-state index in [1.807, 2.05) is 28.8 Å². The molecule has 0 aliphatic heterocycles. The van der Waals surface area contributed by atoms with Gasteiger partial charge in [0.1, 0.15) is 12.8 Å². The fourth-order valence-corrected chi connectivity index (χ4v) is 2.95. The Kier molecular flexibility index (Phi) is 3.80. The van der Waals surface area contributed by atoms with Gasteiger partial charge >= 0.3 is 5.97 Å². The standard InChI is InChI=1S/C18H18FN3O2/c19-8-9-21-11-13(10-20-21)22-12-16(15-6-1-2-7-17(15)22)18(23)24-14-4-3-5-14/h1-2,6-7,10-12,14H,3-5,8-9H2. The number of esters is 1. The summed E-state index contributed by atoms with van der Waals surface area (Å²) in [6, 6.07) is 7.68. The lowest BCUT2D eigenvalue weighted by atomic mass is 9.96. The number of aryl methyl sites for hydroxylation is 1. The molecular weight excluding hydrogens is 309 g/mol. The van der Waals surface area contributed by atoms with Gasteiger partial charge in [0.25, 0.3) is 0 Å². The Balaban J connectivity index is 1.73. The van der Waals surface area contributed by atoms with Crippen molar-refractivity contribution < 1.29 is 13.9 Å². The summed E-state index contributed by atoms with van der Waals surface area (Å²) < 4.78 is 21.5. The first-order valence-corrected chi connectivity index (χ1v) is 8.16. The number of ether oxygens (including phenoxy) is 1. The van der Waals surface area contributed by atoms with Crippen LogP contribution in [0.4, 0.5) is 4.39 Å². The quantitative estimate of drug-likeness (QED) is 0.674. The Morgan fingerprint density at radius 3 is 2.88 bits per heavy atom. The molecule has 1 aromatic carbocycles. The van der Waals surface area contributed by atoms with Crippen molar-refractivity contribution in [3.8, 4) is 5.69 Å². The van der Waals surface area contributed by atoms with Crippen LogP contribution in [0.15, 0.2) is 42.9 Å². The molecule has 1 aliphatic carbocycles. The zero-order chi connectivity index (χ0) is 16.5. The van der Waals surface area contributed by atoms with Gasteiger partial charge in [0, 0.05) is 17.8 Å². The van der Waals surface area contributed by atoms with Crippen molar-refractivity contribution in [1.29, 1.82) is 0 Å². The van der Waals surface area contributed by atoms with Crippen LogP contribution in [0.1, 0.15) is 29.6 Å². The summed E-state index contributed by atoms with van der Waals surface area (Å²) in [5.41, 5.74) is 2.25. The summed E-state index contributed by atoms with van der Waals surface area (Å²) in [5, 5.41) is 5.00. The maximum atomic E-state index is 12.5. The highest BCUT2D eigenvalue weighted by Gasteiger charge is 2.25. The van der Waals surface area contributed by atoms with Crippen LogP contribution in [0.25, 0.3) is 16.6 Å². The molecule has 1 aliphatic rings. The van der Waals surface area contributed by atoms with Crippen molar-refractivity contribution in [2.24, 2.45) is 0 Å². The molecule has 4 rings (SSSR count). The Morgan fingerprint density at radius 2 is 2.12 bits per heavy atom. The molecule has 0 radical (unpaired) electrons. The number of aromatic nitrogens is 3. The topological polar surface area (TPSA) is 49.1 Å². The number of benzene rings is 1. The number of para-hydroxylation sites is 1. The highest BCUT2D eigenvalue weighted by Crippen LogP contribution is 2.28. The third kappa shape index (κ3) is 2.58. The first kappa shape index (κ1) is 14.9. The smallest absolute Gasteiger partial charge is 0.340 e. The summed E-state index contributed by atoms with van der Waals surface area (Å²) in [6.45, 7) is -0.248. The van der Waals surface area contributed by atoms with E-state index in [9.17, 15) is 9.18 Å². The van der Waals surface area contributed by atoms with Crippen LogP contribution in [0.2, 0.25) is 0 Å². The number of hydrogen-bond acceptors (Lipinski definition) is 3. The number of carbonyl (C=O) groups is 1. The molecule has 0 N–H and O–H groups in total. The third-order valence-electron chi connectivity index (χ3n) is 4.47. The summed E-state index contributed by atoms with van der Waals surface area (Å²) in [5.74, 6) is -0.286. The molecular formula is C18H18FN3O2. The summed E-state index contributed by atoms with van der Waals surface area (Å²) in [4.78, 5) is 12.5. The van der Waals surface area contributed by atoms with Crippen molar-refractivity contribution in [2.75, 3.05) is 6.67 Å². The minimum atomic E-state index is -0.466. The van der Waals surface area contributed by atoms with Crippen molar-refractivity contribution in [2.45, 2.75) is 31.9 Å². The largest absolute Gasteiger partial charge is 0.459 e. The predicted octanol–water partition coefficient (Wildman–Crippen LogP) is 3.51. The Bertz CT molecular complexity index is 879. The first-order valence-electron chi connectivity index (χ1n) is 8.16. The maximum absolute atomic E-state index is 12.5. The van der Waals surface area contributed by atoms with Gasteiger partial charge in [-0.2, -0.15) is 5.10 Å². The maximum Gasteiger partial charge on any atom is 0.340 e. The third-order valence-corrected chi connectivity index (χ3v) is 4.47. The summed E-state index contributed by atoms with van der Waals surface area (Å²) >= 11 is 0. The fraction of sp³-hybridized carbons (Fsp3) is 0.333. The molecule has 0 atom stereocenters. The molecule has 5 nitrogen and oxygen atoms in total.